The molecule has 3 rings (SSSR count). The Bertz CT molecular complexity index is 857. The number of ether oxygens (including phenoxy) is 1. The van der Waals surface area contributed by atoms with E-state index in [0.717, 1.165) is 23.3 Å². The first-order chi connectivity index (χ1) is 13.5. The molecule has 2 aromatic rings. The fourth-order valence-electron chi connectivity index (χ4n) is 3.31. The van der Waals surface area contributed by atoms with Crippen LogP contribution in [-0.4, -0.2) is 24.7 Å². The second kappa shape index (κ2) is 9.10. The minimum atomic E-state index is -0.451. The van der Waals surface area contributed by atoms with Crippen molar-refractivity contribution in [3.8, 4) is 5.75 Å². The van der Waals surface area contributed by atoms with Crippen LogP contribution in [0.15, 0.2) is 47.4 Å². The van der Waals surface area contributed by atoms with Gasteiger partial charge < -0.3 is 15.4 Å². The van der Waals surface area contributed by atoms with Crippen molar-refractivity contribution in [2.24, 2.45) is 0 Å². The standard InChI is InChI=1S/C21H23FN2O3S/c1-13(25)23-19(14-6-8-15(27-2)9-7-14)12-20(26)24-18-10-11-28-21-16(18)4-3-5-17(21)22/h3-9,18-19H,10-12H2,1-2H3,(H,23,25)(H,24,26). The number of halogens is 1. The Balaban J connectivity index is 1.72. The van der Waals surface area contributed by atoms with Gasteiger partial charge in [0.05, 0.1) is 25.6 Å². The van der Waals surface area contributed by atoms with E-state index in [1.807, 2.05) is 18.2 Å². The Morgan fingerprint density at radius 2 is 2.00 bits per heavy atom. The van der Waals surface area contributed by atoms with Crippen LogP contribution in [0.5, 0.6) is 5.75 Å². The van der Waals surface area contributed by atoms with Crippen molar-refractivity contribution in [1.82, 2.24) is 10.6 Å². The van der Waals surface area contributed by atoms with Crippen LogP contribution in [0.25, 0.3) is 0 Å². The molecule has 28 heavy (non-hydrogen) atoms. The summed E-state index contributed by atoms with van der Waals surface area (Å²) in [5, 5.41) is 5.83. The molecule has 2 N–H and O–H groups in total. The number of fused-ring (bicyclic) bond motifs is 1. The molecule has 148 valence electrons. The molecule has 0 radical (unpaired) electrons. The van der Waals surface area contributed by atoms with Gasteiger partial charge in [0.2, 0.25) is 11.8 Å². The number of hydrogen-bond donors (Lipinski definition) is 2. The molecule has 0 saturated carbocycles. The molecule has 2 amide bonds. The average Bonchev–Trinajstić information content (AvgIpc) is 2.68. The van der Waals surface area contributed by atoms with Gasteiger partial charge >= 0.3 is 0 Å². The third kappa shape index (κ3) is 4.84. The highest BCUT2D eigenvalue weighted by molar-refractivity contribution is 7.99. The Hall–Kier alpha value is -2.54. The van der Waals surface area contributed by atoms with E-state index >= 15 is 0 Å². The van der Waals surface area contributed by atoms with Gasteiger partial charge in [0.25, 0.3) is 0 Å². The van der Waals surface area contributed by atoms with Crippen LogP contribution >= 0.6 is 11.8 Å². The SMILES string of the molecule is COc1ccc(C(CC(=O)NC2CCSc3c(F)cccc32)NC(C)=O)cc1. The molecule has 0 aliphatic carbocycles. The van der Waals surface area contributed by atoms with Crippen molar-refractivity contribution in [2.45, 2.75) is 36.7 Å². The molecule has 2 aromatic carbocycles. The van der Waals surface area contributed by atoms with Crippen molar-refractivity contribution in [3.63, 3.8) is 0 Å². The lowest BCUT2D eigenvalue weighted by Gasteiger charge is -2.27. The molecule has 0 fully saturated rings. The van der Waals surface area contributed by atoms with Crippen molar-refractivity contribution in [1.29, 1.82) is 0 Å². The van der Waals surface area contributed by atoms with E-state index in [-0.39, 0.29) is 30.1 Å². The van der Waals surface area contributed by atoms with Gasteiger partial charge in [-0.05, 0) is 35.7 Å². The largest absolute Gasteiger partial charge is 0.497 e. The quantitative estimate of drug-likeness (QED) is 0.772. The summed E-state index contributed by atoms with van der Waals surface area (Å²) in [6.07, 6.45) is 0.834. The molecule has 2 atom stereocenters. The molecule has 0 aromatic heterocycles. The normalized spacial score (nSPS) is 16.6. The average molecular weight is 402 g/mol. The van der Waals surface area contributed by atoms with Gasteiger partial charge in [-0.2, -0.15) is 0 Å². The third-order valence-electron chi connectivity index (χ3n) is 4.65. The van der Waals surface area contributed by atoms with Crippen molar-refractivity contribution >= 4 is 23.6 Å². The predicted molar refractivity (Wildman–Crippen MR) is 107 cm³/mol. The number of amides is 2. The highest BCUT2D eigenvalue weighted by Crippen LogP contribution is 2.37. The molecule has 1 aliphatic rings. The topological polar surface area (TPSA) is 67.4 Å². The minimum Gasteiger partial charge on any atom is -0.497 e. The van der Waals surface area contributed by atoms with Crippen LogP contribution < -0.4 is 15.4 Å². The van der Waals surface area contributed by atoms with E-state index < -0.39 is 6.04 Å². The van der Waals surface area contributed by atoms with Crippen LogP contribution in [0.1, 0.15) is 43.0 Å². The van der Waals surface area contributed by atoms with Crippen molar-refractivity contribution in [3.05, 3.63) is 59.4 Å². The molecule has 0 spiro atoms. The number of carbonyl (C=O) groups is 2. The summed E-state index contributed by atoms with van der Waals surface area (Å²) in [6, 6.07) is 11.5. The molecule has 1 aliphatic heterocycles. The number of hydrogen-bond acceptors (Lipinski definition) is 4. The van der Waals surface area contributed by atoms with Gasteiger partial charge in [0.1, 0.15) is 11.6 Å². The maximum atomic E-state index is 14.0. The molecule has 1 heterocycles. The third-order valence-corrected chi connectivity index (χ3v) is 5.81. The van der Waals surface area contributed by atoms with E-state index in [1.165, 1.54) is 24.8 Å². The first kappa shape index (κ1) is 20.2. The summed E-state index contributed by atoms with van der Waals surface area (Å²) in [5.41, 5.74) is 1.63. The highest BCUT2D eigenvalue weighted by atomic mass is 32.2. The summed E-state index contributed by atoms with van der Waals surface area (Å²) in [6.45, 7) is 1.42. The van der Waals surface area contributed by atoms with Crippen LogP contribution in [0.4, 0.5) is 4.39 Å². The van der Waals surface area contributed by atoms with Crippen LogP contribution in [-0.2, 0) is 9.59 Å². The number of methoxy groups -OCH3 is 1. The first-order valence-electron chi connectivity index (χ1n) is 9.09. The Labute approximate surface area is 168 Å². The Morgan fingerprint density at radius 1 is 1.25 bits per heavy atom. The zero-order valence-corrected chi connectivity index (χ0v) is 16.6. The zero-order chi connectivity index (χ0) is 20.1. The van der Waals surface area contributed by atoms with Crippen LogP contribution in [0.2, 0.25) is 0 Å². The second-order valence-electron chi connectivity index (χ2n) is 6.65. The maximum Gasteiger partial charge on any atom is 0.222 e. The smallest absolute Gasteiger partial charge is 0.222 e. The lowest BCUT2D eigenvalue weighted by molar-refractivity contribution is -0.123. The fraction of sp³-hybridized carbons (Fsp3) is 0.333. The second-order valence-corrected chi connectivity index (χ2v) is 7.75. The van der Waals surface area contributed by atoms with Gasteiger partial charge in [0.15, 0.2) is 0 Å². The number of carbonyl (C=O) groups excluding carboxylic acids is 2. The van der Waals surface area contributed by atoms with Gasteiger partial charge in [0, 0.05) is 17.6 Å². The summed E-state index contributed by atoms with van der Waals surface area (Å²) in [4.78, 5) is 24.9. The number of thioether (sulfide) groups is 1. The highest BCUT2D eigenvalue weighted by Gasteiger charge is 2.26. The number of rotatable bonds is 6. The molecular weight excluding hydrogens is 379 g/mol. The minimum absolute atomic E-state index is 0.0974. The summed E-state index contributed by atoms with van der Waals surface area (Å²) in [5.74, 6) is 0.785. The van der Waals surface area contributed by atoms with E-state index in [2.05, 4.69) is 10.6 Å². The Morgan fingerprint density at radius 3 is 2.68 bits per heavy atom. The van der Waals surface area contributed by atoms with Gasteiger partial charge in [-0.1, -0.05) is 24.3 Å². The molecule has 0 saturated heterocycles. The summed E-state index contributed by atoms with van der Waals surface area (Å²) in [7, 11) is 1.58. The zero-order valence-electron chi connectivity index (χ0n) is 15.8. The van der Waals surface area contributed by atoms with E-state index in [9.17, 15) is 14.0 Å². The van der Waals surface area contributed by atoms with Crippen molar-refractivity contribution in [2.75, 3.05) is 12.9 Å². The van der Waals surface area contributed by atoms with Crippen molar-refractivity contribution < 1.29 is 18.7 Å². The van der Waals surface area contributed by atoms with Gasteiger partial charge in [-0.25, -0.2) is 4.39 Å². The number of nitrogens with one attached hydrogen (secondary N) is 2. The lowest BCUT2D eigenvalue weighted by Crippen LogP contribution is -2.35. The van der Waals surface area contributed by atoms with Crippen LogP contribution in [0, 0.1) is 5.82 Å². The van der Waals surface area contributed by atoms with Gasteiger partial charge in [-0.15, -0.1) is 11.8 Å². The predicted octanol–water partition coefficient (Wildman–Crippen LogP) is 3.75. The number of benzene rings is 2. The van der Waals surface area contributed by atoms with E-state index in [4.69, 9.17) is 4.74 Å². The molecule has 2 unspecified atom stereocenters. The first-order valence-corrected chi connectivity index (χ1v) is 10.1. The fourth-order valence-corrected chi connectivity index (χ4v) is 4.45. The lowest BCUT2D eigenvalue weighted by atomic mass is 10.0. The summed E-state index contributed by atoms with van der Waals surface area (Å²) >= 11 is 1.47. The monoisotopic (exact) mass is 402 g/mol. The molecule has 7 heteroatoms. The van der Waals surface area contributed by atoms with Crippen LogP contribution in [0.3, 0.4) is 0 Å². The van der Waals surface area contributed by atoms with Gasteiger partial charge in [-0.3, -0.25) is 9.59 Å². The van der Waals surface area contributed by atoms with E-state index in [0.29, 0.717) is 10.6 Å². The molecule has 5 nitrogen and oxygen atoms in total. The Kier molecular flexibility index (Phi) is 6.57. The summed E-state index contributed by atoms with van der Waals surface area (Å²) < 4.78 is 19.2. The maximum absolute atomic E-state index is 14.0. The molecule has 0 bridgehead atoms. The van der Waals surface area contributed by atoms with E-state index in [1.54, 1.807) is 25.3 Å². The molecular formula is C21H23FN2O3S.